The molecule has 1 unspecified atom stereocenters. The third kappa shape index (κ3) is 4.80. The normalized spacial score (nSPS) is 14.7. The molecule has 114 valence electrons. The molecule has 20 heavy (non-hydrogen) atoms. The summed E-state index contributed by atoms with van der Waals surface area (Å²) in [4.78, 5) is 11.7. The molecule has 2 N–H and O–H groups in total. The molecule has 1 aromatic rings. The van der Waals surface area contributed by atoms with Crippen molar-refractivity contribution in [2.75, 3.05) is 0 Å². The number of aryl methyl sites for hydroxylation is 1. The first-order valence-corrected chi connectivity index (χ1v) is 6.76. The van der Waals surface area contributed by atoms with Gasteiger partial charge < -0.3 is 19.6 Å². The fraction of sp³-hybridized carbons (Fsp3) is 0.769. The average molecular weight is 285 g/mol. The number of aliphatic hydroxyl groups excluding tert-OH is 1. The lowest BCUT2D eigenvalue weighted by atomic mass is 10.1. The van der Waals surface area contributed by atoms with Crippen molar-refractivity contribution in [3.8, 4) is 0 Å². The van der Waals surface area contributed by atoms with Crippen LogP contribution < -0.4 is 5.32 Å². The van der Waals surface area contributed by atoms with Crippen LogP contribution >= 0.6 is 0 Å². The molecule has 0 radical (unpaired) electrons. The molecule has 7 heteroatoms. The van der Waals surface area contributed by atoms with Gasteiger partial charge in [-0.25, -0.2) is 4.79 Å². The minimum Gasteiger partial charge on any atom is -0.444 e. The Morgan fingerprint density at radius 2 is 2.05 bits per heavy atom. The van der Waals surface area contributed by atoms with Crippen molar-refractivity contribution in [3.63, 3.8) is 0 Å². The summed E-state index contributed by atoms with van der Waals surface area (Å²) in [5.74, 6) is 0.552. The molecule has 0 aliphatic heterocycles. The van der Waals surface area contributed by atoms with Gasteiger partial charge in [-0.1, -0.05) is 13.8 Å². The van der Waals surface area contributed by atoms with Crippen molar-refractivity contribution in [1.82, 2.24) is 15.5 Å². The number of ether oxygens (including phenoxy) is 1. The third-order valence-corrected chi connectivity index (χ3v) is 2.56. The van der Waals surface area contributed by atoms with Crippen molar-refractivity contribution in [1.29, 1.82) is 0 Å². The van der Waals surface area contributed by atoms with Crippen molar-refractivity contribution in [3.05, 3.63) is 11.8 Å². The number of aliphatic hydroxyl groups is 1. The number of nitrogens with zero attached hydrogens (tertiary/aromatic N) is 2. The van der Waals surface area contributed by atoms with Crippen LogP contribution in [0.2, 0.25) is 0 Å². The molecule has 0 fully saturated rings. The summed E-state index contributed by atoms with van der Waals surface area (Å²) in [5, 5.41) is 20.3. The smallest absolute Gasteiger partial charge is 0.407 e. The lowest BCUT2D eigenvalue weighted by Gasteiger charge is -2.24. The topological polar surface area (TPSA) is 97.5 Å². The molecule has 1 amide bonds. The summed E-state index contributed by atoms with van der Waals surface area (Å²) in [6.07, 6.45) is -0.542. The molecule has 0 aliphatic rings. The van der Waals surface area contributed by atoms with E-state index in [-0.39, 0.29) is 5.89 Å². The Bertz CT molecular complexity index is 439. The van der Waals surface area contributed by atoms with Gasteiger partial charge >= 0.3 is 6.09 Å². The Balaban J connectivity index is 2.67. The van der Waals surface area contributed by atoms with E-state index < -0.39 is 23.8 Å². The minimum atomic E-state index is -1.06. The highest BCUT2D eigenvalue weighted by Gasteiger charge is 2.27. The zero-order valence-corrected chi connectivity index (χ0v) is 12.6. The van der Waals surface area contributed by atoms with Gasteiger partial charge in [-0.05, 0) is 27.2 Å². The average Bonchev–Trinajstić information content (AvgIpc) is 2.81. The van der Waals surface area contributed by atoms with Gasteiger partial charge in [0.2, 0.25) is 11.8 Å². The Hall–Kier alpha value is -1.63. The maximum absolute atomic E-state index is 11.7. The van der Waals surface area contributed by atoms with Crippen LogP contribution in [-0.2, 0) is 11.2 Å². The monoisotopic (exact) mass is 285 g/mol. The van der Waals surface area contributed by atoms with Gasteiger partial charge in [0.25, 0.3) is 0 Å². The lowest BCUT2D eigenvalue weighted by Crippen LogP contribution is -2.42. The highest BCUT2D eigenvalue weighted by Crippen LogP contribution is 2.18. The second kappa shape index (κ2) is 6.69. The third-order valence-electron chi connectivity index (χ3n) is 2.56. The van der Waals surface area contributed by atoms with Gasteiger partial charge in [-0.15, -0.1) is 10.2 Å². The molecule has 1 aromatic heterocycles. The second-order valence-electron chi connectivity index (χ2n) is 5.49. The van der Waals surface area contributed by atoms with Crippen molar-refractivity contribution >= 4 is 6.09 Å². The molecule has 2 atom stereocenters. The zero-order valence-electron chi connectivity index (χ0n) is 12.6. The molecule has 0 aromatic carbocycles. The molecular weight excluding hydrogens is 262 g/mol. The van der Waals surface area contributed by atoms with Crippen LogP contribution in [0.1, 0.15) is 58.9 Å². The Morgan fingerprint density at radius 1 is 1.40 bits per heavy atom. The van der Waals surface area contributed by atoms with Crippen LogP contribution in [0, 0.1) is 0 Å². The molecule has 7 nitrogen and oxygen atoms in total. The maximum atomic E-state index is 11.7. The number of alkyl carbamates (subject to hydrolysis) is 1. The van der Waals surface area contributed by atoms with Gasteiger partial charge in [0.15, 0.2) is 6.10 Å². The van der Waals surface area contributed by atoms with Crippen molar-refractivity contribution in [2.24, 2.45) is 0 Å². The first kappa shape index (κ1) is 16.4. The van der Waals surface area contributed by atoms with Crippen molar-refractivity contribution in [2.45, 2.75) is 65.2 Å². The molecule has 0 saturated carbocycles. The molecule has 1 heterocycles. The minimum absolute atomic E-state index is 0.102. The van der Waals surface area contributed by atoms with Crippen LogP contribution in [0.15, 0.2) is 4.42 Å². The van der Waals surface area contributed by atoms with Gasteiger partial charge in [-0.2, -0.15) is 0 Å². The van der Waals surface area contributed by atoms with Gasteiger partial charge in [0.1, 0.15) is 5.60 Å². The second-order valence-corrected chi connectivity index (χ2v) is 5.49. The fourth-order valence-electron chi connectivity index (χ4n) is 1.56. The first-order chi connectivity index (χ1) is 9.26. The van der Waals surface area contributed by atoms with E-state index >= 15 is 0 Å². The Labute approximate surface area is 118 Å². The largest absolute Gasteiger partial charge is 0.444 e. The summed E-state index contributed by atoms with van der Waals surface area (Å²) in [6.45, 7) is 9.03. The number of rotatable bonds is 5. The van der Waals surface area contributed by atoms with E-state index in [2.05, 4.69) is 15.5 Å². The number of hydrogen-bond acceptors (Lipinski definition) is 6. The first-order valence-electron chi connectivity index (χ1n) is 6.76. The number of aromatic nitrogens is 2. The summed E-state index contributed by atoms with van der Waals surface area (Å²) < 4.78 is 10.5. The predicted octanol–water partition coefficient (Wildman–Crippen LogP) is 1.97. The van der Waals surface area contributed by atoms with Gasteiger partial charge in [-0.3, -0.25) is 0 Å². The van der Waals surface area contributed by atoms with E-state index in [0.717, 1.165) is 0 Å². The Kier molecular flexibility index (Phi) is 5.50. The molecule has 0 spiro atoms. The molecule has 1 rings (SSSR count). The number of carbonyl (C=O) groups is 1. The van der Waals surface area contributed by atoms with Crippen LogP contribution in [0.5, 0.6) is 0 Å². The van der Waals surface area contributed by atoms with Crippen molar-refractivity contribution < 1.29 is 19.1 Å². The summed E-state index contributed by atoms with van der Waals surface area (Å²) in [6, 6.07) is -0.546. The summed E-state index contributed by atoms with van der Waals surface area (Å²) in [5.41, 5.74) is -0.590. The quantitative estimate of drug-likeness (QED) is 0.858. The van der Waals surface area contributed by atoms with E-state index in [1.165, 1.54) is 0 Å². The van der Waals surface area contributed by atoms with Crippen LogP contribution in [-0.4, -0.2) is 33.0 Å². The molecule has 0 aliphatic carbocycles. The standard InChI is InChI=1S/C13H23N3O4/c1-6-8(14-12(18)20-13(3,4)5)10(17)11-16-15-9(7-2)19-11/h8,10,17H,6-7H2,1-5H3,(H,14,18)/t8-,10?/m0/s1. The van der Waals surface area contributed by atoms with Crippen LogP contribution in [0.4, 0.5) is 4.79 Å². The molecule has 0 bridgehead atoms. The van der Waals surface area contributed by atoms with E-state index in [0.29, 0.717) is 18.7 Å². The SMILES string of the molecule is CCc1nnc(C(O)[C@H](CC)NC(=O)OC(C)(C)C)o1. The van der Waals surface area contributed by atoms with E-state index in [1.54, 1.807) is 20.8 Å². The Morgan fingerprint density at radius 3 is 2.50 bits per heavy atom. The number of amides is 1. The summed E-state index contributed by atoms with van der Waals surface area (Å²) >= 11 is 0. The molecular formula is C13H23N3O4. The van der Waals surface area contributed by atoms with Gasteiger partial charge in [0, 0.05) is 6.42 Å². The highest BCUT2D eigenvalue weighted by atomic mass is 16.6. The maximum Gasteiger partial charge on any atom is 0.407 e. The number of nitrogens with one attached hydrogen (secondary N) is 1. The zero-order chi connectivity index (χ0) is 15.3. The predicted molar refractivity (Wildman–Crippen MR) is 72.1 cm³/mol. The lowest BCUT2D eigenvalue weighted by molar-refractivity contribution is 0.0383. The van der Waals surface area contributed by atoms with E-state index in [9.17, 15) is 9.90 Å². The number of hydrogen-bond donors (Lipinski definition) is 2. The highest BCUT2D eigenvalue weighted by molar-refractivity contribution is 5.68. The molecule has 0 saturated heterocycles. The van der Waals surface area contributed by atoms with E-state index in [1.807, 2.05) is 13.8 Å². The fourth-order valence-corrected chi connectivity index (χ4v) is 1.56. The van der Waals surface area contributed by atoms with E-state index in [4.69, 9.17) is 9.15 Å². The van der Waals surface area contributed by atoms with Crippen LogP contribution in [0.3, 0.4) is 0 Å². The van der Waals surface area contributed by atoms with Crippen LogP contribution in [0.25, 0.3) is 0 Å². The summed E-state index contributed by atoms with van der Waals surface area (Å²) in [7, 11) is 0. The van der Waals surface area contributed by atoms with Gasteiger partial charge in [0.05, 0.1) is 6.04 Å². The number of carbonyl (C=O) groups excluding carboxylic acids is 1.